The highest BCUT2D eigenvalue weighted by molar-refractivity contribution is 7.13. The van der Waals surface area contributed by atoms with Gasteiger partial charge in [-0.1, -0.05) is 29.8 Å². The van der Waals surface area contributed by atoms with Crippen LogP contribution in [0.1, 0.15) is 11.3 Å². The first kappa shape index (κ1) is 13.6. The summed E-state index contributed by atoms with van der Waals surface area (Å²) in [6.07, 6.45) is 3.27. The van der Waals surface area contributed by atoms with Crippen molar-refractivity contribution in [2.75, 3.05) is 5.32 Å². The van der Waals surface area contributed by atoms with Crippen LogP contribution in [0.5, 0.6) is 0 Å². The first-order valence-electron chi connectivity index (χ1n) is 5.56. The molecule has 1 aromatic carbocycles. The van der Waals surface area contributed by atoms with E-state index in [1.807, 2.05) is 30.5 Å². The van der Waals surface area contributed by atoms with Crippen LogP contribution in [0.4, 0.5) is 9.93 Å². The average molecular weight is 294 g/mol. The van der Waals surface area contributed by atoms with Crippen molar-refractivity contribution in [3.05, 3.63) is 52.1 Å². The molecule has 0 fully saturated rings. The number of anilines is 1. The summed E-state index contributed by atoms with van der Waals surface area (Å²) in [5.41, 5.74) is 1.72. The number of thiazole rings is 1. The molecule has 0 radical (unpaired) electrons. The zero-order valence-electron chi connectivity index (χ0n) is 10.2. The Morgan fingerprint density at radius 1 is 1.42 bits per heavy atom. The minimum absolute atomic E-state index is 0.336. The van der Waals surface area contributed by atoms with Gasteiger partial charge in [-0.2, -0.15) is 0 Å². The molecule has 2 amide bonds. The van der Waals surface area contributed by atoms with E-state index in [2.05, 4.69) is 15.6 Å². The standard InChI is InChI=1S/C13H12ClN3OS/c1-9-8-19-13(16-9)17-12(18)15-7-6-10-4-2-3-5-11(10)14/h2-8H,1H3,(H2,15,16,17,18)/b7-6+. The second-order valence-electron chi connectivity index (χ2n) is 3.75. The lowest BCUT2D eigenvalue weighted by Crippen LogP contribution is -2.23. The van der Waals surface area contributed by atoms with Gasteiger partial charge < -0.3 is 5.32 Å². The molecule has 0 spiro atoms. The van der Waals surface area contributed by atoms with Crippen molar-refractivity contribution in [1.29, 1.82) is 0 Å². The Hall–Kier alpha value is -1.85. The lowest BCUT2D eigenvalue weighted by atomic mass is 10.2. The number of benzene rings is 1. The molecule has 1 aromatic heterocycles. The van der Waals surface area contributed by atoms with E-state index >= 15 is 0 Å². The number of nitrogens with one attached hydrogen (secondary N) is 2. The van der Waals surface area contributed by atoms with Crippen molar-refractivity contribution < 1.29 is 4.79 Å². The summed E-state index contributed by atoms with van der Waals surface area (Å²) in [6, 6.07) is 7.05. The molecular formula is C13H12ClN3OS. The van der Waals surface area contributed by atoms with Crippen molar-refractivity contribution in [3.63, 3.8) is 0 Å². The molecule has 2 rings (SSSR count). The molecule has 4 nitrogen and oxygen atoms in total. The van der Waals surface area contributed by atoms with Crippen LogP contribution < -0.4 is 10.6 Å². The third-order valence-electron chi connectivity index (χ3n) is 2.22. The maximum atomic E-state index is 11.6. The van der Waals surface area contributed by atoms with E-state index in [9.17, 15) is 4.79 Å². The molecule has 1 heterocycles. The molecule has 0 saturated heterocycles. The van der Waals surface area contributed by atoms with Gasteiger partial charge in [0.2, 0.25) is 0 Å². The number of carbonyl (C=O) groups is 1. The second-order valence-corrected chi connectivity index (χ2v) is 5.01. The highest BCUT2D eigenvalue weighted by Gasteiger charge is 2.02. The molecule has 0 aliphatic carbocycles. The van der Waals surface area contributed by atoms with Gasteiger partial charge in [0, 0.05) is 16.6 Å². The van der Waals surface area contributed by atoms with E-state index in [4.69, 9.17) is 11.6 Å². The van der Waals surface area contributed by atoms with Crippen molar-refractivity contribution in [2.24, 2.45) is 0 Å². The molecular weight excluding hydrogens is 282 g/mol. The molecule has 19 heavy (non-hydrogen) atoms. The predicted octanol–water partition coefficient (Wildman–Crippen LogP) is 3.90. The first-order chi connectivity index (χ1) is 9.15. The van der Waals surface area contributed by atoms with Crippen LogP contribution in [0.25, 0.3) is 6.08 Å². The topological polar surface area (TPSA) is 54.0 Å². The molecule has 0 atom stereocenters. The van der Waals surface area contributed by atoms with Crippen LogP contribution in [-0.4, -0.2) is 11.0 Å². The van der Waals surface area contributed by atoms with Gasteiger partial charge in [-0.05, 0) is 24.6 Å². The molecule has 0 aliphatic rings. The van der Waals surface area contributed by atoms with Gasteiger partial charge in [-0.25, -0.2) is 9.78 Å². The molecule has 6 heteroatoms. The monoisotopic (exact) mass is 293 g/mol. The smallest absolute Gasteiger partial charge is 0.314 e. The molecule has 0 bridgehead atoms. The van der Waals surface area contributed by atoms with Gasteiger partial charge in [-0.3, -0.25) is 5.32 Å². The molecule has 2 aromatic rings. The van der Waals surface area contributed by atoms with E-state index in [-0.39, 0.29) is 6.03 Å². The summed E-state index contributed by atoms with van der Waals surface area (Å²) in [6.45, 7) is 1.87. The Labute approximate surface area is 120 Å². The summed E-state index contributed by atoms with van der Waals surface area (Å²) in [7, 11) is 0. The SMILES string of the molecule is Cc1csc(NC(=O)N/C=C/c2ccccc2Cl)n1. The Morgan fingerprint density at radius 3 is 2.89 bits per heavy atom. The van der Waals surface area contributed by atoms with Crippen molar-refractivity contribution >= 4 is 40.2 Å². The van der Waals surface area contributed by atoms with Gasteiger partial charge in [0.25, 0.3) is 0 Å². The lowest BCUT2D eigenvalue weighted by Gasteiger charge is -2.00. The number of amides is 2. The van der Waals surface area contributed by atoms with Gasteiger partial charge in [0.1, 0.15) is 0 Å². The zero-order valence-corrected chi connectivity index (χ0v) is 11.8. The molecule has 2 N–H and O–H groups in total. The number of carbonyl (C=O) groups excluding carboxylic acids is 1. The summed E-state index contributed by atoms with van der Waals surface area (Å²) < 4.78 is 0. The number of aryl methyl sites for hydroxylation is 1. The predicted molar refractivity (Wildman–Crippen MR) is 79.5 cm³/mol. The Balaban J connectivity index is 1.88. The van der Waals surface area contributed by atoms with Crippen molar-refractivity contribution in [2.45, 2.75) is 6.92 Å². The maximum absolute atomic E-state index is 11.6. The fourth-order valence-corrected chi connectivity index (χ4v) is 2.24. The summed E-state index contributed by atoms with van der Waals surface area (Å²) in [5.74, 6) is 0. The number of halogens is 1. The summed E-state index contributed by atoms with van der Waals surface area (Å²) in [4.78, 5) is 15.7. The number of aromatic nitrogens is 1. The first-order valence-corrected chi connectivity index (χ1v) is 6.81. The highest BCUT2D eigenvalue weighted by atomic mass is 35.5. The van der Waals surface area contributed by atoms with Crippen LogP contribution >= 0.6 is 22.9 Å². The van der Waals surface area contributed by atoms with Crippen LogP contribution in [0.2, 0.25) is 5.02 Å². The van der Waals surface area contributed by atoms with Gasteiger partial charge in [0.05, 0.1) is 5.69 Å². The maximum Gasteiger partial charge on any atom is 0.325 e. The molecule has 0 aliphatic heterocycles. The minimum atomic E-state index is -0.336. The Kier molecular flexibility index (Phi) is 4.54. The third kappa shape index (κ3) is 4.08. The quantitative estimate of drug-likeness (QED) is 0.902. The van der Waals surface area contributed by atoms with Gasteiger partial charge >= 0.3 is 6.03 Å². The minimum Gasteiger partial charge on any atom is -0.314 e. The number of rotatable bonds is 3. The van der Waals surface area contributed by atoms with Gasteiger partial charge in [0.15, 0.2) is 5.13 Å². The summed E-state index contributed by atoms with van der Waals surface area (Å²) in [5, 5.41) is 8.31. The van der Waals surface area contributed by atoms with E-state index < -0.39 is 0 Å². The van der Waals surface area contributed by atoms with Crippen molar-refractivity contribution in [1.82, 2.24) is 10.3 Å². The zero-order chi connectivity index (χ0) is 13.7. The number of hydrogen-bond donors (Lipinski definition) is 2. The average Bonchev–Trinajstić information content (AvgIpc) is 2.77. The molecule has 98 valence electrons. The number of hydrogen-bond acceptors (Lipinski definition) is 3. The summed E-state index contributed by atoms with van der Waals surface area (Å²) >= 11 is 7.37. The van der Waals surface area contributed by atoms with Crippen LogP contribution in [0, 0.1) is 6.92 Å². The largest absolute Gasteiger partial charge is 0.325 e. The molecule has 0 unspecified atom stereocenters. The van der Waals surface area contributed by atoms with Crippen LogP contribution in [0.15, 0.2) is 35.8 Å². The second kappa shape index (κ2) is 6.36. The van der Waals surface area contributed by atoms with Crippen molar-refractivity contribution in [3.8, 4) is 0 Å². The number of nitrogens with zero attached hydrogens (tertiary/aromatic N) is 1. The fraction of sp³-hybridized carbons (Fsp3) is 0.0769. The van der Waals surface area contributed by atoms with E-state index in [0.717, 1.165) is 11.3 Å². The van der Waals surface area contributed by atoms with Crippen LogP contribution in [0.3, 0.4) is 0 Å². The Bertz CT molecular complexity index is 609. The van der Waals surface area contributed by atoms with E-state index in [0.29, 0.717) is 10.2 Å². The fourth-order valence-electron chi connectivity index (χ4n) is 1.36. The third-order valence-corrected chi connectivity index (χ3v) is 3.44. The Morgan fingerprint density at radius 2 is 2.21 bits per heavy atom. The molecule has 0 saturated carbocycles. The normalized spacial score (nSPS) is 10.6. The van der Waals surface area contributed by atoms with E-state index in [1.165, 1.54) is 17.5 Å². The van der Waals surface area contributed by atoms with Crippen LogP contribution in [-0.2, 0) is 0 Å². The number of urea groups is 1. The lowest BCUT2D eigenvalue weighted by molar-refractivity contribution is 0.255. The highest BCUT2D eigenvalue weighted by Crippen LogP contribution is 2.16. The van der Waals surface area contributed by atoms with E-state index in [1.54, 1.807) is 12.1 Å². The van der Waals surface area contributed by atoms with Gasteiger partial charge in [-0.15, -0.1) is 11.3 Å².